The Bertz CT molecular complexity index is 460. The Hall–Kier alpha value is -0.950. The smallest absolute Gasteiger partial charge is 0.0111 e. The first kappa shape index (κ1) is 13.5. The second kappa shape index (κ2) is 5.79. The molecule has 0 saturated heterocycles. The molecule has 1 unspecified atom stereocenters. The molecule has 0 N–H and O–H groups in total. The van der Waals surface area contributed by atoms with Crippen LogP contribution in [0.15, 0.2) is 57.9 Å². The first-order valence-electron chi connectivity index (χ1n) is 6.76. The van der Waals surface area contributed by atoms with Crippen LogP contribution in [0.3, 0.4) is 0 Å². The van der Waals surface area contributed by atoms with Crippen LogP contribution < -0.4 is 0 Å². The minimum atomic E-state index is 0.775. The van der Waals surface area contributed by atoms with Gasteiger partial charge in [0.1, 0.15) is 0 Å². The molecule has 1 heteroatoms. The largest absolute Gasteiger partial charge is 0.0991 e. The van der Waals surface area contributed by atoms with E-state index in [4.69, 9.17) is 0 Å². The van der Waals surface area contributed by atoms with Gasteiger partial charge in [0.25, 0.3) is 0 Å². The fourth-order valence-electron chi connectivity index (χ4n) is 2.67. The van der Waals surface area contributed by atoms with E-state index in [1.807, 2.05) is 17.8 Å². The summed E-state index contributed by atoms with van der Waals surface area (Å²) in [6, 6.07) is 0. The van der Waals surface area contributed by atoms with Crippen molar-refractivity contribution in [3.63, 3.8) is 0 Å². The second-order valence-electron chi connectivity index (χ2n) is 4.92. The van der Waals surface area contributed by atoms with Gasteiger partial charge in [-0.15, -0.1) is 0 Å². The van der Waals surface area contributed by atoms with E-state index in [1.165, 1.54) is 11.3 Å². The molecule has 0 nitrogen and oxygen atoms in total. The topological polar surface area (TPSA) is 0 Å². The third kappa shape index (κ3) is 2.56. The van der Waals surface area contributed by atoms with Crippen LogP contribution in [0, 0.1) is 11.8 Å². The normalized spacial score (nSPS) is 27.9. The molecule has 1 aliphatic heterocycles. The average molecular weight is 258 g/mol. The van der Waals surface area contributed by atoms with Crippen LogP contribution in [-0.2, 0) is 0 Å². The molecule has 0 aromatic heterocycles. The van der Waals surface area contributed by atoms with Gasteiger partial charge in [-0.2, -0.15) is 0 Å². The first-order valence-corrected chi connectivity index (χ1v) is 7.58. The molecule has 1 saturated carbocycles. The maximum atomic E-state index is 3.76. The van der Waals surface area contributed by atoms with Gasteiger partial charge in [-0.1, -0.05) is 55.1 Å². The number of rotatable bonds is 4. The lowest BCUT2D eigenvalue weighted by Gasteiger charge is -2.09. The molecule has 0 amide bonds. The fourth-order valence-corrected chi connectivity index (χ4v) is 3.88. The summed E-state index contributed by atoms with van der Waals surface area (Å²) in [6.07, 6.45) is 13.1. The quantitative estimate of drug-likeness (QED) is 0.589. The van der Waals surface area contributed by atoms with E-state index in [0.717, 1.165) is 18.3 Å². The number of thioether (sulfide) groups is 1. The molecular formula is C17H22S. The van der Waals surface area contributed by atoms with Gasteiger partial charge in [-0.05, 0) is 55.1 Å². The number of hydrogen-bond donors (Lipinski definition) is 0. The molecule has 1 heterocycles. The van der Waals surface area contributed by atoms with Crippen LogP contribution in [-0.4, -0.2) is 0 Å². The highest BCUT2D eigenvalue weighted by Gasteiger charge is 2.43. The fraction of sp³-hybridized carbons (Fsp3) is 0.412. The Labute approximate surface area is 115 Å². The van der Waals surface area contributed by atoms with Crippen molar-refractivity contribution in [2.45, 2.75) is 33.6 Å². The molecule has 1 fully saturated rings. The highest BCUT2D eigenvalue weighted by atomic mass is 32.2. The molecule has 1 aliphatic carbocycles. The molecule has 0 spiro atoms. The van der Waals surface area contributed by atoms with Crippen LogP contribution in [0.1, 0.15) is 33.6 Å². The summed E-state index contributed by atoms with van der Waals surface area (Å²) in [5.41, 5.74) is 3.14. The summed E-state index contributed by atoms with van der Waals surface area (Å²) >= 11 is 1.96. The summed E-state index contributed by atoms with van der Waals surface area (Å²) in [5.74, 6) is 1.55. The summed E-state index contributed by atoms with van der Waals surface area (Å²) in [7, 11) is 0. The maximum Gasteiger partial charge on any atom is 0.0111 e. The lowest BCUT2D eigenvalue weighted by atomic mass is 10.0. The predicted molar refractivity (Wildman–Crippen MR) is 83.4 cm³/mol. The molecule has 0 aromatic carbocycles. The van der Waals surface area contributed by atoms with Crippen molar-refractivity contribution in [2.24, 2.45) is 11.8 Å². The Balaban J connectivity index is 2.38. The zero-order valence-corrected chi connectivity index (χ0v) is 12.4. The Morgan fingerprint density at radius 2 is 2.11 bits per heavy atom. The van der Waals surface area contributed by atoms with Gasteiger partial charge in [0, 0.05) is 4.91 Å². The maximum absolute atomic E-state index is 3.76. The standard InChI is InChI=1S/C17H22S/c1-5-8-10-17-12(4)14-11-15(14)13(9-6-2)16(7-3)18-17/h5-6,8-10,14-15H,1,7,11H2,2-4H3/b9-6-,10-8-/t14?,15-/m1/s1. The van der Waals surface area contributed by atoms with Gasteiger partial charge < -0.3 is 0 Å². The molecule has 0 bridgehead atoms. The zero-order valence-electron chi connectivity index (χ0n) is 11.6. The van der Waals surface area contributed by atoms with Gasteiger partial charge in [0.05, 0.1) is 0 Å². The van der Waals surface area contributed by atoms with Gasteiger partial charge >= 0.3 is 0 Å². The third-order valence-electron chi connectivity index (χ3n) is 3.74. The molecule has 18 heavy (non-hydrogen) atoms. The van der Waals surface area contributed by atoms with Crippen LogP contribution in [0.5, 0.6) is 0 Å². The SMILES string of the molecule is C=C/C=C\C1=C(C)C2C[C@@H]2C(/C=C\C)=C(CC)S1. The van der Waals surface area contributed by atoms with Crippen molar-refractivity contribution in [1.29, 1.82) is 0 Å². The van der Waals surface area contributed by atoms with Crippen molar-refractivity contribution in [2.75, 3.05) is 0 Å². The van der Waals surface area contributed by atoms with E-state index >= 15 is 0 Å². The van der Waals surface area contributed by atoms with E-state index < -0.39 is 0 Å². The summed E-state index contributed by atoms with van der Waals surface area (Å²) < 4.78 is 0. The van der Waals surface area contributed by atoms with Gasteiger partial charge in [-0.25, -0.2) is 0 Å². The molecule has 96 valence electrons. The zero-order chi connectivity index (χ0) is 13.1. The van der Waals surface area contributed by atoms with Crippen molar-refractivity contribution in [1.82, 2.24) is 0 Å². The minimum Gasteiger partial charge on any atom is -0.0991 e. The van der Waals surface area contributed by atoms with Crippen LogP contribution in [0.4, 0.5) is 0 Å². The van der Waals surface area contributed by atoms with Crippen molar-refractivity contribution in [3.8, 4) is 0 Å². The Morgan fingerprint density at radius 3 is 2.72 bits per heavy atom. The molecule has 2 rings (SSSR count). The number of fused-ring (bicyclic) bond motifs is 1. The van der Waals surface area contributed by atoms with Gasteiger partial charge in [0.2, 0.25) is 0 Å². The highest BCUT2D eigenvalue weighted by Crippen LogP contribution is 2.56. The molecular weight excluding hydrogens is 236 g/mol. The van der Waals surface area contributed by atoms with Crippen LogP contribution in [0.25, 0.3) is 0 Å². The van der Waals surface area contributed by atoms with E-state index in [2.05, 4.69) is 51.7 Å². The predicted octanol–water partition coefficient (Wildman–Crippen LogP) is 5.63. The van der Waals surface area contributed by atoms with Gasteiger partial charge in [-0.3, -0.25) is 0 Å². The van der Waals surface area contributed by atoms with E-state index in [9.17, 15) is 0 Å². The molecule has 2 atom stereocenters. The third-order valence-corrected chi connectivity index (χ3v) is 5.19. The number of allylic oxidation sites excluding steroid dienone is 8. The van der Waals surface area contributed by atoms with E-state index in [-0.39, 0.29) is 0 Å². The average Bonchev–Trinajstić information content (AvgIpc) is 3.16. The van der Waals surface area contributed by atoms with E-state index in [1.54, 1.807) is 16.1 Å². The van der Waals surface area contributed by atoms with Crippen LogP contribution >= 0.6 is 11.8 Å². The summed E-state index contributed by atoms with van der Waals surface area (Å²) in [4.78, 5) is 2.97. The molecule has 0 radical (unpaired) electrons. The van der Waals surface area contributed by atoms with E-state index in [0.29, 0.717) is 0 Å². The highest BCUT2D eigenvalue weighted by molar-refractivity contribution is 8.07. The lowest BCUT2D eigenvalue weighted by molar-refractivity contribution is 0.889. The van der Waals surface area contributed by atoms with Crippen LogP contribution in [0.2, 0.25) is 0 Å². The Kier molecular flexibility index (Phi) is 4.34. The monoisotopic (exact) mass is 258 g/mol. The Morgan fingerprint density at radius 1 is 1.33 bits per heavy atom. The first-order chi connectivity index (χ1) is 8.72. The molecule has 2 aliphatic rings. The van der Waals surface area contributed by atoms with Crippen molar-refractivity contribution >= 4 is 11.8 Å². The number of hydrogen-bond acceptors (Lipinski definition) is 1. The lowest BCUT2D eigenvalue weighted by Crippen LogP contribution is -1.88. The van der Waals surface area contributed by atoms with Gasteiger partial charge in [0.15, 0.2) is 0 Å². The van der Waals surface area contributed by atoms with Crippen molar-refractivity contribution in [3.05, 3.63) is 57.9 Å². The summed E-state index contributed by atoms with van der Waals surface area (Å²) in [5, 5.41) is 0. The van der Waals surface area contributed by atoms with Crippen molar-refractivity contribution < 1.29 is 0 Å². The molecule has 0 aromatic rings. The second-order valence-corrected chi connectivity index (χ2v) is 6.06. The minimum absolute atomic E-state index is 0.775. The summed E-state index contributed by atoms with van der Waals surface area (Å²) in [6.45, 7) is 10.4.